The summed E-state index contributed by atoms with van der Waals surface area (Å²) in [5.41, 5.74) is 1.97. The summed E-state index contributed by atoms with van der Waals surface area (Å²) in [5, 5.41) is 6.59. The van der Waals surface area contributed by atoms with Crippen LogP contribution in [0.1, 0.15) is 18.9 Å². The van der Waals surface area contributed by atoms with Gasteiger partial charge in [-0.05, 0) is 48.9 Å². The molecule has 0 aromatic heterocycles. The Kier molecular flexibility index (Phi) is 12.8. The highest BCUT2D eigenvalue weighted by Crippen LogP contribution is 2.16. The van der Waals surface area contributed by atoms with Gasteiger partial charge in [0.2, 0.25) is 0 Å². The van der Waals surface area contributed by atoms with Gasteiger partial charge in [0.05, 0.1) is 46.6 Å². The molecule has 7 nitrogen and oxygen atoms in total. The van der Waals surface area contributed by atoms with E-state index in [1.165, 1.54) is 5.56 Å². The van der Waals surface area contributed by atoms with E-state index in [1.807, 2.05) is 42.5 Å². The number of carbonyl (C=O) groups excluding carboxylic acids is 1. The molecule has 8 heteroatoms. The molecule has 0 heterocycles. The van der Waals surface area contributed by atoms with Crippen molar-refractivity contribution in [2.45, 2.75) is 19.8 Å². The molecule has 2 rings (SSSR count). The van der Waals surface area contributed by atoms with Gasteiger partial charge in [-0.3, -0.25) is 0 Å². The molecular formula is C26H39ClN3O4+. The Hall–Kier alpha value is -2.32. The van der Waals surface area contributed by atoms with Crippen molar-refractivity contribution < 1.29 is 23.5 Å². The molecule has 2 amide bonds. The zero-order valence-corrected chi connectivity index (χ0v) is 21.4. The normalized spacial score (nSPS) is 12.7. The Morgan fingerprint density at radius 3 is 2.47 bits per heavy atom. The summed E-state index contributed by atoms with van der Waals surface area (Å²) in [6.07, 6.45) is 1.81. The Balaban J connectivity index is 1.86. The lowest BCUT2D eigenvalue weighted by Crippen LogP contribution is -2.52. The fourth-order valence-electron chi connectivity index (χ4n) is 3.84. The highest BCUT2D eigenvalue weighted by Gasteiger charge is 2.25. The van der Waals surface area contributed by atoms with Crippen LogP contribution in [-0.4, -0.2) is 77.3 Å². The van der Waals surface area contributed by atoms with E-state index in [1.54, 1.807) is 14.2 Å². The molecule has 0 fully saturated rings. The number of urea groups is 1. The number of hydrogen-bond donors (Lipinski definition) is 2. The van der Waals surface area contributed by atoms with Crippen molar-refractivity contribution in [2.75, 3.05) is 72.1 Å². The minimum atomic E-state index is -0.207. The molecule has 0 bridgehead atoms. The molecule has 2 aromatic rings. The molecule has 0 aliphatic rings. The monoisotopic (exact) mass is 492 g/mol. The van der Waals surface area contributed by atoms with Crippen LogP contribution < -0.4 is 15.4 Å². The summed E-state index contributed by atoms with van der Waals surface area (Å²) in [6, 6.07) is 15.1. The van der Waals surface area contributed by atoms with Crippen molar-refractivity contribution in [3.8, 4) is 5.75 Å². The lowest BCUT2D eigenvalue weighted by atomic mass is 10.1. The number of quaternary nitrogens is 1. The summed E-state index contributed by atoms with van der Waals surface area (Å²) in [7, 11) is 3.29. The zero-order chi connectivity index (χ0) is 24.7. The first kappa shape index (κ1) is 27.9. The maximum Gasteiger partial charge on any atom is 0.319 e. The average molecular weight is 493 g/mol. The molecule has 1 atom stereocenters. The van der Waals surface area contributed by atoms with Crippen LogP contribution in [0.3, 0.4) is 0 Å². The molecule has 2 N–H and O–H groups in total. The van der Waals surface area contributed by atoms with Crippen LogP contribution in [0.25, 0.3) is 0 Å². The smallest absolute Gasteiger partial charge is 0.319 e. The molecule has 0 saturated carbocycles. The predicted molar refractivity (Wildman–Crippen MR) is 138 cm³/mol. The van der Waals surface area contributed by atoms with Gasteiger partial charge in [-0.15, -0.1) is 0 Å². The van der Waals surface area contributed by atoms with Gasteiger partial charge in [-0.1, -0.05) is 23.7 Å². The first-order valence-electron chi connectivity index (χ1n) is 11.9. The highest BCUT2D eigenvalue weighted by atomic mass is 35.5. The van der Waals surface area contributed by atoms with E-state index in [0.717, 1.165) is 60.0 Å². The van der Waals surface area contributed by atoms with Gasteiger partial charge in [0.25, 0.3) is 0 Å². The average Bonchev–Trinajstić information content (AvgIpc) is 2.85. The fraction of sp³-hybridized carbons (Fsp3) is 0.500. The van der Waals surface area contributed by atoms with E-state index in [4.69, 9.17) is 25.8 Å². The molecule has 0 aliphatic carbocycles. The SMILES string of the molecule is CC[N+](CCCNC(=O)Nc1ccc(OC)cc1)(CCOCCOC)CCc1cccc(Cl)c1. The van der Waals surface area contributed by atoms with Crippen LogP contribution in [-0.2, 0) is 15.9 Å². The van der Waals surface area contributed by atoms with Crippen molar-refractivity contribution in [3.63, 3.8) is 0 Å². The van der Waals surface area contributed by atoms with E-state index in [0.29, 0.717) is 26.4 Å². The number of amides is 2. The van der Waals surface area contributed by atoms with Gasteiger partial charge in [-0.2, -0.15) is 0 Å². The molecule has 0 spiro atoms. The van der Waals surface area contributed by atoms with Crippen LogP contribution in [0.5, 0.6) is 5.75 Å². The van der Waals surface area contributed by atoms with Gasteiger partial charge in [0, 0.05) is 37.2 Å². The fourth-order valence-corrected chi connectivity index (χ4v) is 4.05. The number of likely N-dealkylation sites (N-methyl/N-ethyl adjacent to an activating group) is 1. The van der Waals surface area contributed by atoms with Crippen LogP contribution in [0, 0.1) is 0 Å². The third kappa shape index (κ3) is 10.3. The van der Waals surface area contributed by atoms with E-state index >= 15 is 0 Å². The summed E-state index contributed by atoms with van der Waals surface area (Å²) in [4.78, 5) is 12.3. The van der Waals surface area contributed by atoms with Gasteiger partial charge >= 0.3 is 6.03 Å². The number of methoxy groups -OCH3 is 2. The minimum absolute atomic E-state index is 0.207. The predicted octanol–water partition coefficient (Wildman–Crippen LogP) is 4.60. The third-order valence-electron chi connectivity index (χ3n) is 6.02. The number of carbonyl (C=O) groups is 1. The molecular weight excluding hydrogens is 454 g/mol. The van der Waals surface area contributed by atoms with Crippen LogP contribution >= 0.6 is 11.6 Å². The van der Waals surface area contributed by atoms with Crippen molar-refractivity contribution in [1.29, 1.82) is 0 Å². The number of hydrogen-bond acceptors (Lipinski definition) is 4. The molecule has 2 aromatic carbocycles. The number of nitrogens with one attached hydrogen (secondary N) is 2. The van der Waals surface area contributed by atoms with E-state index in [9.17, 15) is 4.79 Å². The second-order valence-electron chi connectivity index (χ2n) is 8.28. The zero-order valence-electron chi connectivity index (χ0n) is 20.6. The molecule has 0 radical (unpaired) electrons. The first-order valence-corrected chi connectivity index (χ1v) is 12.2. The lowest BCUT2D eigenvalue weighted by molar-refractivity contribution is -0.926. The molecule has 34 heavy (non-hydrogen) atoms. The Morgan fingerprint density at radius 1 is 1.00 bits per heavy atom. The Labute approximate surface area is 208 Å². The Bertz CT molecular complexity index is 850. The largest absolute Gasteiger partial charge is 0.497 e. The minimum Gasteiger partial charge on any atom is -0.497 e. The van der Waals surface area contributed by atoms with Crippen molar-refractivity contribution in [2.24, 2.45) is 0 Å². The van der Waals surface area contributed by atoms with E-state index in [2.05, 4.69) is 23.6 Å². The number of rotatable bonds is 16. The number of anilines is 1. The molecule has 1 unspecified atom stereocenters. The van der Waals surface area contributed by atoms with E-state index < -0.39 is 0 Å². The van der Waals surface area contributed by atoms with E-state index in [-0.39, 0.29) is 6.03 Å². The molecule has 0 aliphatic heterocycles. The van der Waals surface area contributed by atoms with Gasteiger partial charge in [0.15, 0.2) is 0 Å². The summed E-state index contributed by atoms with van der Waals surface area (Å²) in [6.45, 7) is 8.54. The standard InChI is InChI=1S/C26H38ClN3O4/c1-4-30(17-18-34-20-19-32-2,16-13-22-7-5-8-23(27)21-22)15-6-14-28-26(31)29-24-9-11-25(33-3)12-10-24/h5,7-12,21H,4,6,13-20H2,1-3H3,(H-,28,29,31)/p+1. The maximum atomic E-state index is 12.3. The second-order valence-corrected chi connectivity index (χ2v) is 8.71. The van der Waals surface area contributed by atoms with Gasteiger partial charge in [-0.25, -0.2) is 4.79 Å². The number of nitrogens with zero attached hydrogens (tertiary/aromatic N) is 1. The number of benzene rings is 2. The molecule has 0 saturated heterocycles. The van der Waals surface area contributed by atoms with Crippen LogP contribution in [0.4, 0.5) is 10.5 Å². The van der Waals surface area contributed by atoms with Crippen molar-refractivity contribution in [3.05, 3.63) is 59.1 Å². The summed E-state index contributed by atoms with van der Waals surface area (Å²) >= 11 is 6.18. The van der Waals surface area contributed by atoms with Gasteiger partial charge < -0.3 is 29.3 Å². The van der Waals surface area contributed by atoms with Crippen molar-refractivity contribution in [1.82, 2.24) is 5.32 Å². The third-order valence-corrected chi connectivity index (χ3v) is 6.25. The maximum absolute atomic E-state index is 12.3. The number of halogens is 1. The topological polar surface area (TPSA) is 68.8 Å². The van der Waals surface area contributed by atoms with Crippen LogP contribution in [0.15, 0.2) is 48.5 Å². The van der Waals surface area contributed by atoms with Gasteiger partial charge in [0.1, 0.15) is 12.3 Å². The highest BCUT2D eigenvalue weighted by molar-refractivity contribution is 6.30. The quantitative estimate of drug-likeness (QED) is 0.265. The second kappa shape index (κ2) is 15.6. The lowest BCUT2D eigenvalue weighted by Gasteiger charge is -2.38. The van der Waals surface area contributed by atoms with Crippen molar-refractivity contribution >= 4 is 23.3 Å². The summed E-state index contributed by atoms with van der Waals surface area (Å²) < 4.78 is 16.9. The molecule has 188 valence electrons. The van der Waals surface area contributed by atoms with Crippen LogP contribution in [0.2, 0.25) is 5.02 Å². The Morgan fingerprint density at radius 2 is 1.79 bits per heavy atom. The summed E-state index contributed by atoms with van der Waals surface area (Å²) in [5.74, 6) is 0.753. The first-order chi connectivity index (χ1) is 16.5. The number of ether oxygens (including phenoxy) is 3.